The summed E-state index contributed by atoms with van der Waals surface area (Å²) < 4.78 is 1.59. The van der Waals surface area contributed by atoms with Crippen molar-refractivity contribution in [1.29, 1.82) is 0 Å². The molecule has 0 aromatic carbocycles. The van der Waals surface area contributed by atoms with Crippen LogP contribution in [-0.4, -0.2) is 25.8 Å². The molecule has 0 aliphatic rings. The zero-order valence-corrected chi connectivity index (χ0v) is 9.92. The van der Waals surface area contributed by atoms with E-state index in [1.165, 1.54) is 0 Å². The highest BCUT2D eigenvalue weighted by atomic mass is 16.1. The van der Waals surface area contributed by atoms with Crippen molar-refractivity contribution in [3.05, 3.63) is 41.5 Å². The molecule has 2 rings (SSSR count). The summed E-state index contributed by atoms with van der Waals surface area (Å²) in [5, 5.41) is 7.70. The molecule has 5 nitrogen and oxygen atoms in total. The van der Waals surface area contributed by atoms with Gasteiger partial charge in [0.15, 0.2) is 5.78 Å². The summed E-state index contributed by atoms with van der Waals surface area (Å²) in [6, 6.07) is 3.77. The van der Waals surface area contributed by atoms with Gasteiger partial charge in [0.05, 0.1) is 12.1 Å². The van der Waals surface area contributed by atoms with Crippen molar-refractivity contribution >= 4 is 5.78 Å². The maximum Gasteiger partial charge on any atom is 0.187 e. The third kappa shape index (κ3) is 2.55. The average molecular weight is 230 g/mol. The molecule has 0 spiro atoms. The van der Waals surface area contributed by atoms with E-state index in [9.17, 15) is 4.79 Å². The molecule has 0 aliphatic heterocycles. The van der Waals surface area contributed by atoms with Gasteiger partial charge in [0.1, 0.15) is 5.69 Å². The molecule has 0 radical (unpaired) electrons. The summed E-state index contributed by atoms with van der Waals surface area (Å²) in [6.45, 7) is 2.01. The van der Waals surface area contributed by atoms with Gasteiger partial charge in [-0.1, -0.05) is 18.2 Å². The summed E-state index contributed by atoms with van der Waals surface area (Å²) in [6.07, 6.45) is 4.43. The lowest BCUT2D eigenvalue weighted by Crippen LogP contribution is -2.09. The number of hydrogen-bond acceptors (Lipinski definition) is 4. The maximum absolute atomic E-state index is 12.1. The fraction of sp³-hybridized carbons (Fsp3) is 0.333. The van der Waals surface area contributed by atoms with E-state index in [1.807, 2.05) is 19.1 Å². The van der Waals surface area contributed by atoms with Gasteiger partial charge in [0.2, 0.25) is 0 Å². The molecule has 0 unspecified atom stereocenters. The molecule has 2 aromatic heterocycles. The van der Waals surface area contributed by atoms with Gasteiger partial charge >= 0.3 is 0 Å². The number of ketones is 1. The Kier molecular flexibility index (Phi) is 3.27. The van der Waals surface area contributed by atoms with Crippen LogP contribution >= 0.6 is 0 Å². The lowest BCUT2D eigenvalue weighted by atomic mass is 10.1. The SMILES string of the molecule is CCc1cccnc1C(=O)Cc1cn(C)nn1. The standard InChI is InChI=1S/C12H14N4O/c1-3-9-5-4-6-13-12(9)11(17)7-10-8-16(2)15-14-10/h4-6,8H,3,7H2,1-2H3. The molecule has 17 heavy (non-hydrogen) atoms. The largest absolute Gasteiger partial charge is 0.292 e. The molecule has 88 valence electrons. The summed E-state index contributed by atoms with van der Waals surface area (Å²) in [5.41, 5.74) is 2.19. The minimum atomic E-state index is -0.0112. The first-order valence-corrected chi connectivity index (χ1v) is 5.53. The van der Waals surface area contributed by atoms with Crippen molar-refractivity contribution in [2.75, 3.05) is 0 Å². The van der Waals surface area contributed by atoms with E-state index in [4.69, 9.17) is 0 Å². The number of hydrogen-bond donors (Lipinski definition) is 0. The summed E-state index contributed by atoms with van der Waals surface area (Å²) >= 11 is 0. The Morgan fingerprint density at radius 3 is 2.94 bits per heavy atom. The van der Waals surface area contributed by atoms with Gasteiger partial charge in [-0.15, -0.1) is 5.10 Å². The number of pyridine rings is 1. The van der Waals surface area contributed by atoms with Gasteiger partial charge in [-0.2, -0.15) is 0 Å². The maximum atomic E-state index is 12.1. The lowest BCUT2D eigenvalue weighted by Gasteiger charge is -2.03. The topological polar surface area (TPSA) is 60.7 Å². The fourth-order valence-corrected chi connectivity index (χ4v) is 1.70. The first-order valence-electron chi connectivity index (χ1n) is 5.53. The van der Waals surface area contributed by atoms with Crippen LogP contribution in [0.2, 0.25) is 0 Å². The summed E-state index contributed by atoms with van der Waals surface area (Å²) in [7, 11) is 1.78. The van der Waals surface area contributed by atoms with Gasteiger partial charge in [-0.05, 0) is 18.1 Å². The zero-order chi connectivity index (χ0) is 12.3. The minimum absolute atomic E-state index is 0.0112. The Morgan fingerprint density at radius 2 is 2.29 bits per heavy atom. The molecule has 0 amide bonds. The molecule has 0 fully saturated rings. The number of aromatic nitrogens is 4. The molecule has 0 aliphatic carbocycles. The normalized spacial score (nSPS) is 10.5. The van der Waals surface area contributed by atoms with Crippen molar-refractivity contribution in [3.8, 4) is 0 Å². The van der Waals surface area contributed by atoms with Gasteiger partial charge < -0.3 is 0 Å². The van der Waals surface area contributed by atoms with Gasteiger partial charge in [-0.3, -0.25) is 14.5 Å². The molecule has 0 atom stereocenters. The summed E-state index contributed by atoms with van der Waals surface area (Å²) in [5.74, 6) is -0.0112. The predicted octanol–water partition coefficient (Wildman–Crippen LogP) is 1.20. The van der Waals surface area contributed by atoms with Crippen molar-refractivity contribution in [1.82, 2.24) is 20.0 Å². The van der Waals surface area contributed by atoms with Crippen molar-refractivity contribution < 1.29 is 4.79 Å². The zero-order valence-electron chi connectivity index (χ0n) is 9.92. The highest BCUT2D eigenvalue weighted by Gasteiger charge is 2.13. The molecule has 0 bridgehead atoms. The van der Waals surface area contributed by atoms with Crippen LogP contribution < -0.4 is 0 Å². The molecule has 0 saturated carbocycles. The Hall–Kier alpha value is -2.04. The Bertz CT molecular complexity index is 533. The highest BCUT2D eigenvalue weighted by molar-refractivity contribution is 5.96. The van der Waals surface area contributed by atoms with E-state index in [1.54, 1.807) is 24.1 Å². The highest BCUT2D eigenvalue weighted by Crippen LogP contribution is 2.09. The van der Waals surface area contributed by atoms with E-state index < -0.39 is 0 Å². The average Bonchev–Trinajstić information content (AvgIpc) is 2.74. The lowest BCUT2D eigenvalue weighted by molar-refractivity contribution is 0.0986. The molecule has 2 aromatic rings. The van der Waals surface area contributed by atoms with Crippen LogP contribution in [0.5, 0.6) is 0 Å². The molecule has 0 N–H and O–H groups in total. The fourth-order valence-electron chi connectivity index (χ4n) is 1.70. The molecule has 0 saturated heterocycles. The first-order chi connectivity index (χ1) is 8.20. The van der Waals surface area contributed by atoms with E-state index in [-0.39, 0.29) is 12.2 Å². The van der Waals surface area contributed by atoms with Crippen LogP contribution in [-0.2, 0) is 19.9 Å². The van der Waals surface area contributed by atoms with Crippen molar-refractivity contribution in [3.63, 3.8) is 0 Å². The predicted molar refractivity (Wildman–Crippen MR) is 62.7 cm³/mol. The number of nitrogens with zero attached hydrogens (tertiary/aromatic N) is 4. The molecular formula is C12H14N4O. The molecule has 2 heterocycles. The number of aryl methyl sites for hydroxylation is 2. The van der Waals surface area contributed by atoms with E-state index in [0.29, 0.717) is 11.4 Å². The summed E-state index contributed by atoms with van der Waals surface area (Å²) in [4.78, 5) is 16.2. The van der Waals surface area contributed by atoms with Crippen LogP contribution in [0.25, 0.3) is 0 Å². The molecule has 5 heteroatoms. The molecular weight excluding hydrogens is 216 g/mol. The van der Waals surface area contributed by atoms with Gasteiger partial charge in [0.25, 0.3) is 0 Å². The smallest absolute Gasteiger partial charge is 0.187 e. The van der Waals surface area contributed by atoms with Crippen molar-refractivity contribution in [2.24, 2.45) is 7.05 Å². The Morgan fingerprint density at radius 1 is 1.47 bits per heavy atom. The van der Waals surface area contributed by atoms with Crippen LogP contribution in [0.15, 0.2) is 24.5 Å². The number of carbonyl (C=O) groups is 1. The van der Waals surface area contributed by atoms with Crippen LogP contribution in [0.1, 0.15) is 28.7 Å². The monoisotopic (exact) mass is 230 g/mol. The first kappa shape index (κ1) is 11.4. The number of rotatable bonds is 4. The minimum Gasteiger partial charge on any atom is -0.292 e. The quantitative estimate of drug-likeness (QED) is 0.740. The number of carbonyl (C=O) groups excluding carboxylic acids is 1. The van der Waals surface area contributed by atoms with E-state index in [0.717, 1.165) is 12.0 Å². The second kappa shape index (κ2) is 4.86. The van der Waals surface area contributed by atoms with E-state index >= 15 is 0 Å². The van der Waals surface area contributed by atoms with Crippen LogP contribution in [0, 0.1) is 0 Å². The van der Waals surface area contributed by atoms with Crippen molar-refractivity contribution in [2.45, 2.75) is 19.8 Å². The second-order valence-electron chi connectivity index (χ2n) is 3.85. The van der Waals surface area contributed by atoms with Gasteiger partial charge in [0, 0.05) is 19.4 Å². The Balaban J connectivity index is 2.20. The van der Waals surface area contributed by atoms with Crippen LogP contribution in [0.3, 0.4) is 0 Å². The second-order valence-corrected chi connectivity index (χ2v) is 3.85. The number of Topliss-reactive ketones (excluding diaryl/α,β-unsaturated/α-hetero) is 1. The van der Waals surface area contributed by atoms with Crippen LogP contribution in [0.4, 0.5) is 0 Å². The van der Waals surface area contributed by atoms with E-state index in [2.05, 4.69) is 15.3 Å². The van der Waals surface area contributed by atoms with Gasteiger partial charge in [-0.25, -0.2) is 0 Å². The third-order valence-corrected chi connectivity index (χ3v) is 2.53. The Labute approximate surface area is 99.5 Å². The third-order valence-electron chi connectivity index (χ3n) is 2.53.